The molecule has 1 heterocycles. The fourth-order valence-corrected chi connectivity index (χ4v) is 1.02. The summed E-state index contributed by atoms with van der Waals surface area (Å²) in [5.74, 6) is 0. The molecule has 0 radical (unpaired) electrons. The first kappa shape index (κ1) is 6.99. The molecule has 1 aliphatic heterocycles. The Morgan fingerprint density at radius 1 is 1.78 bits per heavy atom. The summed E-state index contributed by atoms with van der Waals surface area (Å²) >= 11 is 0. The highest BCUT2D eigenvalue weighted by Crippen LogP contribution is 2.15. The molecule has 0 aromatic rings. The van der Waals surface area contributed by atoms with Crippen LogP contribution < -0.4 is 11.1 Å². The highest BCUT2D eigenvalue weighted by molar-refractivity contribution is 4.99. The molecule has 4 N–H and O–H groups in total. The lowest BCUT2D eigenvalue weighted by Crippen LogP contribution is -2.68. The third kappa shape index (κ3) is 1.08. The summed E-state index contributed by atoms with van der Waals surface area (Å²) in [5, 5.41) is 12.5. The summed E-state index contributed by atoms with van der Waals surface area (Å²) in [4.78, 5) is 0. The third-order valence-electron chi connectivity index (χ3n) is 1.99. The topological polar surface area (TPSA) is 58.3 Å². The minimum atomic E-state index is -0.602. The van der Waals surface area contributed by atoms with Crippen molar-refractivity contribution in [1.29, 1.82) is 0 Å². The van der Waals surface area contributed by atoms with E-state index in [9.17, 15) is 5.11 Å². The van der Waals surface area contributed by atoms with Gasteiger partial charge in [0, 0.05) is 19.1 Å². The predicted molar refractivity (Wildman–Crippen MR) is 36.1 cm³/mol. The highest BCUT2D eigenvalue weighted by Gasteiger charge is 2.39. The van der Waals surface area contributed by atoms with Gasteiger partial charge in [-0.1, -0.05) is 6.92 Å². The Balaban J connectivity index is 2.38. The quantitative estimate of drug-likeness (QED) is 0.452. The highest BCUT2D eigenvalue weighted by atomic mass is 16.3. The number of hydrogen-bond acceptors (Lipinski definition) is 3. The molecule has 1 atom stereocenters. The molecule has 0 aromatic heterocycles. The number of nitrogens with two attached hydrogens (primary N) is 1. The molecule has 54 valence electrons. The molecule has 0 aromatic carbocycles. The minimum Gasteiger partial charge on any atom is -0.386 e. The van der Waals surface area contributed by atoms with Crippen molar-refractivity contribution < 1.29 is 5.11 Å². The van der Waals surface area contributed by atoms with Crippen molar-refractivity contribution in [2.24, 2.45) is 5.73 Å². The fraction of sp³-hybridized carbons (Fsp3) is 1.00. The van der Waals surface area contributed by atoms with E-state index in [0.29, 0.717) is 13.1 Å². The molecule has 1 unspecified atom stereocenters. The van der Waals surface area contributed by atoms with Crippen LogP contribution >= 0.6 is 0 Å². The van der Waals surface area contributed by atoms with E-state index in [1.807, 2.05) is 6.92 Å². The average Bonchev–Trinajstić information content (AvgIpc) is 1.81. The first-order valence-corrected chi connectivity index (χ1v) is 3.38. The normalized spacial score (nSPS) is 27.0. The van der Waals surface area contributed by atoms with Gasteiger partial charge in [0.05, 0.1) is 0 Å². The number of hydrogen-bond donors (Lipinski definition) is 3. The van der Waals surface area contributed by atoms with Crippen molar-refractivity contribution in [3.8, 4) is 0 Å². The lowest BCUT2D eigenvalue weighted by Gasteiger charge is -2.41. The van der Waals surface area contributed by atoms with Gasteiger partial charge in [-0.2, -0.15) is 0 Å². The molecule has 0 aliphatic carbocycles. The zero-order valence-electron chi connectivity index (χ0n) is 5.72. The van der Waals surface area contributed by atoms with Gasteiger partial charge < -0.3 is 16.2 Å². The van der Waals surface area contributed by atoms with Crippen LogP contribution in [0.4, 0.5) is 0 Å². The molecule has 0 spiro atoms. The fourth-order valence-electron chi connectivity index (χ4n) is 1.02. The zero-order valence-corrected chi connectivity index (χ0v) is 5.72. The van der Waals surface area contributed by atoms with Gasteiger partial charge in [0.2, 0.25) is 0 Å². The summed E-state index contributed by atoms with van der Waals surface area (Å²) in [5.41, 5.74) is 5.02. The molecule has 1 saturated heterocycles. The molecule has 3 nitrogen and oxygen atoms in total. The van der Waals surface area contributed by atoms with E-state index in [1.165, 1.54) is 0 Å². The van der Waals surface area contributed by atoms with Gasteiger partial charge in [0.25, 0.3) is 0 Å². The van der Waals surface area contributed by atoms with E-state index in [-0.39, 0.29) is 6.04 Å². The van der Waals surface area contributed by atoms with Crippen molar-refractivity contribution >= 4 is 0 Å². The van der Waals surface area contributed by atoms with Crippen molar-refractivity contribution in [3.05, 3.63) is 0 Å². The molecule has 1 aliphatic rings. The Labute approximate surface area is 55.2 Å². The van der Waals surface area contributed by atoms with Crippen LogP contribution in [0.2, 0.25) is 0 Å². The smallest absolute Gasteiger partial charge is 0.104 e. The van der Waals surface area contributed by atoms with Crippen LogP contribution in [0.3, 0.4) is 0 Å². The van der Waals surface area contributed by atoms with Crippen LogP contribution in [-0.4, -0.2) is 29.8 Å². The molecule has 3 heteroatoms. The Hall–Kier alpha value is -0.120. The molecule has 0 bridgehead atoms. The van der Waals surface area contributed by atoms with Gasteiger partial charge in [-0.05, 0) is 6.42 Å². The van der Waals surface area contributed by atoms with Gasteiger partial charge >= 0.3 is 0 Å². The molecule has 1 rings (SSSR count). The summed E-state index contributed by atoms with van der Waals surface area (Å²) in [6, 6.07) is -0.0567. The van der Waals surface area contributed by atoms with Crippen molar-refractivity contribution in [2.45, 2.75) is 25.0 Å². The van der Waals surface area contributed by atoms with E-state index in [1.54, 1.807) is 0 Å². The summed E-state index contributed by atoms with van der Waals surface area (Å²) in [6.45, 7) is 3.30. The van der Waals surface area contributed by atoms with E-state index in [4.69, 9.17) is 5.73 Å². The Morgan fingerprint density at radius 2 is 2.33 bits per heavy atom. The molecular formula is C6H14N2O. The van der Waals surface area contributed by atoms with E-state index >= 15 is 0 Å². The van der Waals surface area contributed by atoms with Crippen LogP contribution in [0.25, 0.3) is 0 Å². The largest absolute Gasteiger partial charge is 0.386 e. The maximum Gasteiger partial charge on any atom is 0.104 e. The van der Waals surface area contributed by atoms with E-state index in [0.717, 1.165) is 6.42 Å². The minimum absolute atomic E-state index is 0.0567. The molecule has 0 saturated carbocycles. The number of rotatable bonds is 2. The Morgan fingerprint density at radius 3 is 2.44 bits per heavy atom. The first-order valence-electron chi connectivity index (χ1n) is 3.38. The standard InChI is InChI=1S/C6H14N2O/c1-2-5(7)6(9)3-8-4-6/h5,8-9H,2-4,7H2,1H3. The maximum absolute atomic E-state index is 9.49. The number of aliphatic hydroxyl groups is 1. The van der Waals surface area contributed by atoms with Crippen LogP contribution in [0.1, 0.15) is 13.3 Å². The molecule has 9 heavy (non-hydrogen) atoms. The first-order chi connectivity index (χ1) is 4.19. The third-order valence-corrected chi connectivity index (χ3v) is 1.99. The number of nitrogens with one attached hydrogen (secondary N) is 1. The second kappa shape index (κ2) is 2.25. The van der Waals surface area contributed by atoms with Gasteiger partial charge in [0.1, 0.15) is 5.60 Å². The van der Waals surface area contributed by atoms with Crippen LogP contribution in [0.5, 0.6) is 0 Å². The van der Waals surface area contributed by atoms with Crippen LogP contribution in [-0.2, 0) is 0 Å². The SMILES string of the molecule is CCC(N)C1(O)CNC1. The molecular weight excluding hydrogens is 116 g/mol. The van der Waals surface area contributed by atoms with Crippen molar-refractivity contribution in [3.63, 3.8) is 0 Å². The van der Waals surface area contributed by atoms with Gasteiger partial charge in [0.15, 0.2) is 0 Å². The lowest BCUT2D eigenvalue weighted by molar-refractivity contribution is -0.0331. The van der Waals surface area contributed by atoms with Gasteiger partial charge in [-0.25, -0.2) is 0 Å². The summed E-state index contributed by atoms with van der Waals surface area (Å²) in [6.07, 6.45) is 0.845. The summed E-state index contributed by atoms with van der Waals surface area (Å²) < 4.78 is 0. The lowest BCUT2D eigenvalue weighted by atomic mass is 9.87. The van der Waals surface area contributed by atoms with Gasteiger partial charge in [-0.15, -0.1) is 0 Å². The predicted octanol–water partition coefficient (Wildman–Crippen LogP) is -0.942. The maximum atomic E-state index is 9.49. The van der Waals surface area contributed by atoms with E-state index < -0.39 is 5.60 Å². The van der Waals surface area contributed by atoms with Gasteiger partial charge in [-0.3, -0.25) is 0 Å². The Kier molecular flexibility index (Phi) is 1.75. The second-order valence-corrected chi connectivity index (χ2v) is 2.72. The summed E-state index contributed by atoms with van der Waals surface area (Å²) in [7, 11) is 0. The van der Waals surface area contributed by atoms with Crippen molar-refractivity contribution in [1.82, 2.24) is 5.32 Å². The Bertz CT molecular complexity index is 101. The monoisotopic (exact) mass is 130 g/mol. The van der Waals surface area contributed by atoms with Crippen LogP contribution in [0.15, 0.2) is 0 Å². The average molecular weight is 130 g/mol. The number of β-amino-alcohol motifs (C(OH)–C–C–N with tert-alkyl or cyclic N) is 1. The van der Waals surface area contributed by atoms with Crippen LogP contribution in [0, 0.1) is 0 Å². The zero-order chi connectivity index (χ0) is 6.91. The molecule has 0 amide bonds. The van der Waals surface area contributed by atoms with E-state index in [2.05, 4.69) is 5.32 Å². The van der Waals surface area contributed by atoms with Crippen molar-refractivity contribution in [2.75, 3.05) is 13.1 Å². The second-order valence-electron chi connectivity index (χ2n) is 2.72. The molecule has 1 fully saturated rings.